The summed E-state index contributed by atoms with van der Waals surface area (Å²) in [6.45, 7) is 1.76. The molecule has 3 N–H and O–H groups in total. The third-order valence-corrected chi connectivity index (χ3v) is 5.56. The Morgan fingerprint density at radius 3 is 2.72 bits per heavy atom. The van der Waals surface area contributed by atoms with E-state index in [9.17, 15) is 4.79 Å². The average Bonchev–Trinajstić information content (AvgIpc) is 3.12. The van der Waals surface area contributed by atoms with Crippen LogP contribution in [0.15, 0.2) is 53.7 Å². The number of nitrogens with two attached hydrogens (primary N) is 1. The van der Waals surface area contributed by atoms with E-state index in [4.69, 9.17) is 33.7 Å². The van der Waals surface area contributed by atoms with Crippen LogP contribution in [0.3, 0.4) is 0 Å². The number of carbonyl (C=O) groups is 1. The summed E-state index contributed by atoms with van der Waals surface area (Å²) >= 11 is 12.7. The molecule has 3 aromatic rings. The van der Waals surface area contributed by atoms with Gasteiger partial charge in [-0.2, -0.15) is 4.98 Å². The number of methoxy groups -OCH3 is 1. The zero-order valence-corrected chi connectivity index (χ0v) is 17.1. The second kappa shape index (κ2) is 7.42. The van der Waals surface area contributed by atoms with E-state index >= 15 is 0 Å². The number of carbonyl (C=O) groups excluding carboxylic acids is 1. The highest BCUT2D eigenvalue weighted by atomic mass is 35.5. The van der Waals surface area contributed by atoms with Gasteiger partial charge in [-0.3, -0.25) is 4.79 Å². The van der Waals surface area contributed by atoms with E-state index in [1.807, 2.05) is 24.3 Å². The lowest BCUT2D eigenvalue weighted by Gasteiger charge is -2.28. The number of aromatic nitrogens is 3. The second-order valence-electron chi connectivity index (χ2n) is 6.51. The number of nitrogens with one attached hydrogen (secondary N) is 1. The summed E-state index contributed by atoms with van der Waals surface area (Å²) in [6.07, 6.45) is 0. The summed E-state index contributed by atoms with van der Waals surface area (Å²) in [5.74, 6) is 1.03. The first kappa shape index (κ1) is 19.3. The highest BCUT2D eigenvalue weighted by molar-refractivity contribution is 6.42. The summed E-state index contributed by atoms with van der Waals surface area (Å²) < 4.78 is 6.88. The minimum absolute atomic E-state index is 0.331. The van der Waals surface area contributed by atoms with E-state index in [1.54, 1.807) is 36.9 Å². The number of anilines is 1. The van der Waals surface area contributed by atoms with E-state index in [2.05, 4.69) is 15.4 Å². The summed E-state index contributed by atoms with van der Waals surface area (Å²) in [5, 5.41) is 8.45. The molecule has 9 heteroatoms. The smallest absolute Gasteiger partial charge is 0.248 e. The van der Waals surface area contributed by atoms with Crippen LogP contribution in [0.25, 0.3) is 11.4 Å². The van der Waals surface area contributed by atoms with Gasteiger partial charge < -0.3 is 15.8 Å². The number of amides is 1. The Hall–Kier alpha value is -3.03. The van der Waals surface area contributed by atoms with Crippen molar-refractivity contribution in [1.82, 2.24) is 14.8 Å². The number of hydrogen-bond acceptors (Lipinski definition) is 5. The van der Waals surface area contributed by atoms with Crippen molar-refractivity contribution in [2.45, 2.75) is 13.0 Å². The van der Waals surface area contributed by atoms with Gasteiger partial charge in [0.25, 0.3) is 0 Å². The van der Waals surface area contributed by atoms with Crippen molar-refractivity contribution in [1.29, 1.82) is 0 Å². The van der Waals surface area contributed by atoms with E-state index in [-0.39, 0.29) is 0 Å². The first-order chi connectivity index (χ1) is 13.9. The van der Waals surface area contributed by atoms with E-state index in [1.165, 1.54) is 0 Å². The lowest BCUT2D eigenvalue weighted by molar-refractivity contribution is -0.115. The number of allylic oxidation sites excluding steroid dienone is 1. The fourth-order valence-electron chi connectivity index (χ4n) is 3.37. The molecule has 1 aliphatic heterocycles. The Balaban J connectivity index is 1.91. The van der Waals surface area contributed by atoms with Gasteiger partial charge in [-0.25, -0.2) is 4.68 Å². The van der Waals surface area contributed by atoms with Gasteiger partial charge in [-0.15, -0.1) is 5.10 Å². The molecular weight excluding hydrogens is 413 g/mol. The van der Waals surface area contributed by atoms with Gasteiger partial charge in [0.1, 0.15) is 11.8 Å². The van der Waals surface area contributed by atoms with Gasteiger partial charge in [0.2, 0.25) is 11.9 Å². The quantitative estimate of drug-likeness (QED) is 0.652. The minimum atomic E-state index is -0.665. The van der Waals surface area contributed by atoms with Gasteiger partial charge in [-0.1, -0.05) is 47.5 Å². The van der Waals surface area contributed by atoms with Crippen LogP contribution >= 0.6 is 23.2 Å². The number of fused-ring (bicyclic) bond motifs is 1. The number of nitrogens with zero attached hydrogens (tertiary/aromatic N) is 3. The maximum absolute atomic E-state index is 12.3. The largest absolute Gasteiger partial charge is 0.497 e. The van der Waals surface area contributed by atoms with Crippen LogP contribution in [-0.4, -0.2) is 27.8 Å². The van der Waals surface area contributed by atoms with Gasteiger partial charge in [0.15, 0.2) is 5.82 Å². The van der Waals surface area contributed by atoms with Crippen LogP contribution in [0.2, 0.25) is 10.0 Å². The van der Waals surface area contributed by atoms with Crippen LogP contribution in [0.4, 0.5) is 5.95 Å². The van der Waals surface area contributed by atoms with Crippen molar-refractivity contribution >= 4 is 35.1 Å². The van der Waals surface area contributed by atoms with Crippen LogP contribution in [-0.2, 0) is 4.79 Å². The van der Waals surface area contributed by atoms with Crippen molar-refractivity contribution in [2.24, 2.45) is 5.73 Å². The summed E-state index contributed by atoms with van der Waals surface area (Å²) in [6, 6.07) is 12.0. The number of ether oxygens (including phenoxy) is 1. The average molecular weight is 430 g/mol. The molecule has 0 radical (unpaired) electrons. The highest BCUT2D eigenvalue weighted by Crippen LogP contribution is 2.40. The fraction of sp³-hybridized carbons (Fsp3) is 0.150. The van der Waals surface area contributed by atoms with Crippen molar-refractivity contribution in [2.75, 3.05) is 12.4 Å². The predicted octanol–water partition coefficient (Wildman–Crippen LogP) is 4.03. The molecule has 4 rings (SSSR count). The zero-order valence-electron chi connectivity index (χ0n) is 15.6. The molecule has 148 valence electrons. The summed E-state index contributed by atoms with van der Waals surface area (Å²) in [5.41, 5.74) is 7.99. The van der Waals surface area contributed by atoms with Gasteiger partial charge >= 0.3 is 0 Å². The first-order valence-corrected chi connectivity index (χ1v) is 9.48. The van der Waals surface area contributed by atoms with Crippen molar-refractivity contribution in [3.05, 3.63) is 69.3 Å². The third kappa shape index (κ3) is 3.32. The van der Waals surface area contributed by atoms with E-state index < -0.39 is 11.9 Å². The van der Waals surface area contributed by atoms with E-state index in [0.29, 0.717) is 44.4 Å². The minimum Gasteiger partial charge on any atom is -0.497 e. The zero-order chi connectivity index (χ0) is 20.7. The van der Waals surface area contributed by atoms with Crippen molar-refractivity contribution < 1.29 is 9.53 Å². The Morgan fingerprint density at radius 1 is 1.24 bits per heavy atom. The molecule has 0 spiro atoms. The normalized spacial score (nSPS) is 15.7. The molecule has 0 fully saturated rings. The summed E-state index contributed by atoms with van der Waals surface area (Å²) in [7, 11) is 1.59. The number of halogens is 2. The molecule has 1 atom stereocenters. The molecule has 1 aromatic heterocycles. The number of rotatable bonds is 4. The molecule has 2 aromatic carbocycles. The number of benzene rings is 2. The molecule has 1 unspecified atom stereocenters. The third-order valence-electron chi connectivity index (χ3n) is 4.72. The molecule has 0 aliphatic carbocycles. The molecule has 7 nitrogen and oxygen atoms in total. The molecule has 29 heavy (non-hydrogen) atoms. The Bertz CT molecular complexity index is 1160. The standard InChI is InChI=1S/C20H17Cl2N5O2/c1-10-15(18(23)28)17(13-7-4-8-14(21)16(13)22)27-20(24-10)25-19(26-27)11-5-3-6-12(9-11)29-2/h3-9,17H,1-2H3,(H2,23,28)(H,24,25,26). The number of hydrogen-bond donors (Lipinski definition) is 2. The fourth-order valence-corrected chi connectivity index (χ4v) is 3.79. The maximum Gasteiger partial charge on any atom is 0.248 e. The topological polar surface area (TPSA) is 95.1 Å². The lowest BCUT2D eigenvalue weighted by Crippen LogP contribution is -2.32. The van der Waals surface area contributed by atoms with Crippen LogP contribution in [0, 0.1) is 0 Å². The number of primary amides is 1. The van der Waals surface area contributed by atoms with E-state index in [0.717, 1.165) is 5.56 Å². The van der Waals surface area contributed by atoms with Crippen molar-refractivity contribution in [3.8, 4) is 17.1 Å². The maximum atomic E-state index is 12.3. The lowest BCUT2D eigenvalue weighted by atomic mass is 9.95. The van der Waals surface area contributed by atoms with Gasteiger partial charge in [0, 0.05) is 16.8 Å². The SMILES string of the molecule is COc1cccc(-c2nc3n(n2)C(c2cccc(Cl)c2Cl)C(C(N)=O)=C(C)N3)c1. The van der Waals surface area contributed by atoms with Crippen LogP contribution < -0.4 is 15.8 Å². The molecule has 0 saturated carbocycles. The Labute approximate surface area is 177 Å². The molecule has 2 heterocycles. The molecule has 1 amide bonds. The first-order valence-electron chi connectivity index (χ1n) is 8.73. The molecule has 0 saturated heterocycles. The predicted molar refractivity (Wildman–Crippen MR) is 112 cm³/mol. The Kier molecular flexibility index (Phi) is 4.94. The van der Waals surface area contributed by atoms with Crippen LogP contribution in [0.1, 0.15) is 18.5 Å². The second-order valence-corrected chi connectivity index (χ2v) is 7.29. The van der Waals surface area contributed by atoms with Crippen molar-refractivity contribution in [3.63, 3.8) is 0 Å². The van der Waals surface area contributed by atoms with Crippen LogP contribution in [0.5, 0.6) is 5.75 Å². The molecular formula is C20H17Cl2N5O2. The summed E-state index contributed by atoms with van der Waals surface area (Å²) in [4.78, 5) is 16.9. The Morgan fingerprint density at radius 2 is 2.00 bits per heavy atom. The molecule has 1 aliphatic rings. The monoisotopic (exact) mass is 429 g/mol. The molecule has 0 bridgehead atoms. The van der Waals surface area contributed by atoms with Gasteiger partial charge in [-0.05, 0) is 25.1 Å². The highest BCUT2D eigenvalue weighted by Gasteiger charge is 2.35. The van der Waals surface area contributed by atoms with Gasteiger partial charge in [0.05, 0.1) is 22.7 Å².